The van der Waals surface area contributed by atoms with Crippen molar-refractivity contribution in [2.75, 3.05) is 19.7 Å². The molecule has 0 atom stereocenters. The Bertz CT molecular complexity index is 467. The van der Waals surface area contributed by atoms with Crippen molar-refractivity contribution in [3.8, 4) is 11.8 Å². The van der Waals surface area contributed by atoms with E-state index < -0.39 is 0 Å². The molecule has 0 amide bonds. The molecule has 0 aromatic heterocycles. The van der Waals surface area contributed by atoms with Crippen LogP contribution in [-0.4, -0.2) is 29.7 Å². The van der Waals surface area contributed by atoms with Gasteiger partial charge in [-0.1, -0.05) is 37.8 Å². The van der Waals surface area contributed by atoms with Gasteiger partial charge in [0.15, 0.2) is 0 Å². The second kappa shape index (κ2) is 5.56. The number of rotatable bonds is 2. The van der Waals surface area contributed by atoms with Crippen LogP contribution in [0, 0.1) is 17.3 Å². The summed E-state index contributed by atoms with van der Waals surface area (Å²) >= 11 is 0. The zero-order valence-electron chi connectivity index (χ0n) is 11.2. The molecule has 1 aromatic rings. The third-order valence-corrected chi connectivity index (χ3v) is 3.40. The highest BCUT2D eigenvalue weighted by molar-refractivity contribution is 5.37. The molecule has 2 heteroatoms. The largest absolute Gasteiger partial charge is 0.384 e. The van der Waals surface area contributed by atoms with E-state index in [1.54, 1.807) is 0 Å². The molecule has 1 saturated heterocycles. The Hall–Kier alpha value is -1.30. The van der Waals surface area contributed by atoms with E-state index in [1.807, 2.05) is 12.1 Å². The van der Waals surface area contributed by atoms with Crippen molar-refractivity contribution in [2.45, 2.75) is 26.8 Å². The molecule has 0 radical (unpaired) electrons. The summed E-state index contributed by atoms with van der Waals surface area (Å²) in [6, 6.07) is 8.29. The summed E-state index contributed by atoms with van der Waals surface area (Å²) in [6.07, 6.45) is 1.27. The van der Waals surface area contributed by atoms with E-state index in [-0.39, 0.29) is 6.61 Å². The van der Waals surface area contributed by atoms with Gasteiger partial charge in [0.1, 0.15) is 6.61 Å². The summed E-state index contributed by atoms with van der Waals surface area (Å²) in [5.41, 5.74) is 2.74. The predicted molar refractivity (Wildman–Crippen MR) is 74.1 cm³/mol. The van der Waals surface area contributed by atoms with Crippen LogP contribution in [0.15, 0.2) is 24.3 Å². The number of likely N-dealkylation sites (tertiary alicyclic amines) is 1. The van der Waals surface area contributed by atoms with Crippen molar-refractivity contribution in [3.63, 3.8) is 0 Å². The average Bonchev–Trinajstić information content (AvgIpc) is 2.66. The van der Waals surface area contributed by atoms with Crippen LogP contribution in [0.5, 0.6) is 0 Å². The van der Waals surface area contributed by atoms with Crippen LogP contribution in [0.2, 0.25) is 0 Å². The molecule has 1 N–H and O–H groups in total. The Kier molecular flexibility index (Phi) is 4.06. The molecule has 1 aliphatic rings. The molecule has 1 aromatic carbocycles. The molecule has 1 aliphatic heterocycles. The van der Waals surface area contributed by atoms with Gasteiger partial charge in [-0.15, -0.1) is 0 Å². The van der Waals surface area contributed by atoms with Crippen LogP contribution in [0.25, 0.3) is 0 Å². The minimum Gasteiger partial charge on any atom is -0.384 e. The number of aliphatic hydroxyl groups is 1. The first-order valence-corrected chi connectivity index (χ1v) is 6.50. The molecular weight excluding hydrogens is 222 g/mol. The van der Waals surface area contributed by atoms with E-state index in [1.165, 1.54) is 25.1 Å². The fourth-order valence-electron chi connectivity index (χ4n) is 2.51. The molecule has 0 aliphatic carbocycles. The van der Waals surface area contributed by atoms with E-state index in [9.17, 15) is 0 Å². The summed E-state index contributed by atoms with van der Waals surface area (Å²) in [4.78, 5) is 2.50. The summed E-state index contributed by atoms with van der Waals surface area (Å²) in [6.45, 7) is 7.92. The topological polar surface area (TPSA) is 23.5 Å². The van der Waals surface area contributed by atoms with E-state index in [0.717, 1.165) is 12.1 Å². The fraction of sp³-hybridized carbons (Fsp3) is 0.500. The van der Waals surface area contributed by atoms with Crippen LogP contribution >= 0.6 is 0 Å². The van der Waals surface area contributed by atoms with Gasteiger partial charge < -0.3 is 5.11 Å². The Labute approximate surface area is 110 Å². The summed E-state index contributed by atoms with van der Waals surface area (Å²) in [7, 11) is 0. The number of aliphatic hydroxyl groups excluding tert-OH is 1. The van der Waals surface area contributed by atoms with Gasteiger partial charge in [0.05, 0.1) is 0 Å². The maximum Gasteiger partial charge on any atom is 0.104 e. The third-order valence-electron chi connectivity index (χ3n) is 3.40. The lowest BCUT2D eigenvalue weighted by Crippen LogP contribution is -2.22. The Morgan fingerprint density at radius 2 is 2.22 bits per heavy atom. The van der Waals surface area contributed by atoms with E-state index in [0.29, 0.717) is 5.41 Å². The molecule has 18 heavy (non-hydrogen) atoms. The van der Waals surface area contributed by atoms with Crippen LogP contribution in [0.4, 0.5) is 0 Å². The van der Waals surface area contributed by atoms with Gasteiger partial charge in [-0.25, -0.2) is 0 Å². The van der Waals surface area contributed by atoms with Crippen molar-refractivity contribution >= 4 is 0 Å². The van der Waals surface area contributed by atoms with E-state index in [4.69, 9.17) is 5.11 Å². The molecule has 0 unspecified atom stereocenters. The van der Waals surface area contributed by atoms with Gasteiger partial charge in [0.25, 0.3) is 0 Å². The lowest BCUT2D eigenvalue weighted by atomic mass is 9.93. The molecule has 2 rings (SSSR count). The molecule has 1 fully saturated rings. The van der Waals surface area contributed by atoms with Crippen molar-refractivity contribution in [2.24, 2.45) is 5.41 Å². The number of nitrogens with zero attached hydrogens (tertiary/aromatic N) is 1. The van der Waals surface area contributed by atoms with Gasteiger partial charge in [-0.05, 0) is 36.1 Å². The van der Waals surface area contributed by atoms with Crippen molar-refractivity contribution in [1.29, 1.82) is 0 Å². The zero-order valence-corrected chi connectivity index (χ0v) is 11.2. The maximum absolute atomic E-state index is 8.70. The summed E-state index contributed by atoms with van der Waals surface area (Å²) < 4.78 is 0. The Balaban J connectivity index is 2.02. The smallest absolute Gasteiger partial charge is 0.104 e. The zero-order chi connectivity index (χ0) is 13.0. The number of hydrogen-bond acceptors (Lipinski definition) is 2. The van der Waals surface area contributed by atoms with Gasteiger partial charge in [0, 0.05) is 18.7 Å². The van der Waals surface area contributed by atoms with Crippen LogP contribution in [-0.2, 0) is 6.54 Å². The van der Waals surface area contributed by atoms with Crippen LogP contribution in [0.1, 0.15) is 31.4 Å². The van der Waals surface area contributed by atoms with Gasteiger partial charge in [0.2, 0.25) is 0 Å². The maximum atomic E-state index is 8.70. The molecule has 0 bridgehead atoms. The van der Waals surface area contributed by atoms with Gasteiger partial charge in [-0.2, -0.15) is 0 Å². The standard InChI is InChI=1S/C16H21NO/c1-16(2)8-9-17(13-16)12-15-6-3-5-14(11-15)7-4-10-18/h3,5-6,11,18H,8-10,12-13H2,1-2H3. The molecule has 96 valence electrons. The van der Waals surface area contributed by atoms with E-state index >= 15 is 0 Å². The lowest BCUT2D eigenvalue weighted by molar-refractivity contribution is 0.284. The molecule has 1 heterocycles. The van der Waals surface area contributed by atoms with Crippen molar-refractivity contribution in [3.05, 3.63) is 35.4 Å². The quantitative estimate of drug-likeness (QED) is 0.805. The molecule has 2 nitrogen and oxygen atoms in total. The second-order valence-electron chi connectivity index (χ2n) is 5.79. The minimum absolute atomic E-state index is 0.0788. The predicted octanol–water partition coefficient (Wildman–Crippen LogP) is 2.26. The highest BCUT2D eigenvalue weighted by Gasteiger charge is 2.28. The second-order valence-corrected chi connectivity index (χ2v) is 5.79. The van der Waals surface area contributed by atoms with E-state index in [2.05, 4.69) is 42.7 Å². The molecule has 0 saturated carbocycles. The Morgan fingerprint density at radius 3 is 2.89 bits per heavy atom. The number of hydrogen-bond donors (Lipinski definition) is 1. The third kappa shape index (κ3) is 3.60. The first kappa shape index (κ1) is 13.1. The van der Waals surface area contributed by atoms with Gasteiger partial charge in [-0.3, -0.25) is 4.90 Å². The monoisotopic (exact) mass is 243 g/mol. The fourth-order valence-corrected chi connectivity index (χ4v) is 2.51. The lowest BCUT2D eigenvalue weighted by Gasteiger charge is -2.19. The van der Waals surface area contributed by atoms with Crippen LogP contribution in [0.3, 0.4) is 0 Å². The highest BCUT2D eigenvalue weighted by Crippen LogP contribution is 2.29. The first-order valence-electron chi connectivity index (χ1n) is 6.50. The average molecular weight is 243 g/mol. The molecular formula is C16H21NO. The number of benzene rings is 1. The van der Waals surface area contributed by atoms with Crippen LogP contribution < -0.4 is 0 Å². The normalized spacial score (nSPS) is 18.4. The first-order chi connectivity index (χ1) is 8.59. The van der Waals surface area contributed by atoms with Gasteiger partial charge >= 0.3 is 0 Å². The minimum atomic E-state index is -0.0788. The Morgan fingerprint density at radius 1 is 1.39 bits per heavy atom. The van der Waals surface area contributed by atoms with Crippen molar-refractivity contribution in [1.82, 2.24) is 4.90 Å². The highest BCUT2D eigenvalue weighted by atomic mass is 16.2. The SMILES string of the molecule is CC1(C)CCN(Cc2cccc(C#CCO)c2)C1. The van der Waals surface area contributed by atoms with Crippen molar-refractivity contribution < 1.29 is 5.11 Å². The summed E-state index contributed by atoms with van der Waals surface area (Å²) in [5, 5.41) is 8.70. The summed E-state index contributed by atoms with van der Waals surface area (Å²) in [5.74, 6) is 5.65. The molecule has 0 spiro atoms.